The number of anilines is 1. The Hall–Kier alpha value is -1.85. The Morgan fingerprint density at radius 3 is 2.71 bits per heavy atom. The van der Waals surface area contributed by atoms with E-state index in [-0.39, 0.29) is 12.0 Å². The Bertz CT molecular complexity index is 485. The van der Waals surface area contributed by atoms with Gasteiger partial charge in [-0.3, -0.25) is 4.79 Å². The van der Waals surface area contributed by atoms with Crippen LogP contribution in [0.3, 0.4) is 0 Å². The molecule has 1 heterocycles. The summed E-state index contributed by atoms with van der Waals surface area (Å²) in [5.41, 5.74) is 0.859. The molecule has 0 spiro atoms. The molecule has 0 amide bonds. The first kappa shape index (κ1) is 15.5. The molecular weight excluding hydrogens is 270 g/mol. The van der Waals surface area contributed by atoms with E-state index in [1.807, 2.05) is 19.9 Å². The van der Waals surface area contributed by atoms with Crippen molar-refractivity contribution in [3.63, 3.8) is 0 Å². The fourth-order valence-electron chi connectivity index (χ4n) is 2.55. The van der Waals surface area contributed by atoms with Crippen molar-refractivity contribution in [1.82, 2.24) is 9.97 Å². The van der Waals surface area contributed by atoms with Gasteiger partial charge in [0.15, 0.2) is 0 Å². The molecule has 6 heteroatoms. The minimum atomic E-state index is -0.685. The van der Waals surface area contributed by atoms with E-state index in [1.54, 1.807) is 0 Å². The van der Waals surface area contributed by atoms with Crippen molar-refractivity contribution in [2.24, 2.45) is 5.92 Å². The molecule has 2 N–H and O–H groups in total. The van der Waals surface area contributed by atoms with Crippen LogP contribution in [0, 0.1) is 12.8 Å². The van der Waals surface area contributed by atoms with Gasteiger partial charge in [0.25, 0.3) is 0 Å². The molecular formula is C15H23N3O3. The van der Waals surface area contributed by atoms with Crippen LogP contribution >= 0.6 is 0 Å². The van der Waals surface area contributed by atoms with Crippen molar-refractivity contribution in [2.75, 3.05) is 11.9 Å². The normalized spacial score (nSPS) is 21.8. The number of ether oxygens (including phenoxy) is 1. The van der Waals surface area contributed by atoms with E-state index in [2.05, 4.69) is 15.3 Å². The number of hydrogen-bond acceptors (Lipinski definition) is 5. The van der Waals surface area contributed by atoms with Gasteiger partial charge in [-0.2, -0.15) is 4.98 Å². The summed E-state index contributed by atoms with van der Waals surface area (Å²) >= 11 is 0. The minimum absolute atomic E-state index is 0.204. The maximum atomic E-state index is 10.9. The smallest absolute Gasteiger partial charge is 0.306 e. The van der Waals surface area contributed by atoms with Crippen LogP contribution in [-0.4, -0.2) is 33.7 Å². The fourth-order valence-corrected chi connectivity index (χ4v) is 2.55. The molecule has 0 aromatic carbocycles. The van der Waals surface area contributed by atoms with E-state index < -0.39 is 5.97 Å². The molecule has 1 fully saturated rings. The quantitative estimate of drug-likeness (QED) is 0.838. The van der Waals surface area contributed by atoms with E-state index in [0.29, 0.717) is 31.3 Å². The highest BCUT2D eigenvalue weighted by Crippen LogP contribution is 2.26. The summed E-state index contributed by atoms with van der Waals surface area (Å²) in [6.45, 7) is 4.60. The molecule has 1 aliphatic carbocycles. The van der Waals surface area contributed by atoms with Gasteiger partial charge < -0.3 is 15.2 Å². The van der Waals surface area contributed by atoms with E-state index in [9.17, 15) is 4.79 Å². The molecule has 0 atom stereocenters. The number of rotatable bonds is 6. The fraction of sp³-hybridized carbons (Fsp3) is 0.667. The summed E-state index contributed by atoms with van der Waals surface area (Å²) in [6, 6.07) is 2.06. The van der Waals surface area contributed by atoms with Crippen molar-refractivity contribution < 1.29 is 14.6 Å². The minimum Gasteiger partial charge on any atom is -0.481 e. The Labute approximate surface area is 124 Å². The lowest BCUT2D eigenvalue weighted by atomic mass is 9.86. The van der Waals surface area contributed by atoms with Crippen molar-refractivity contribution in [3.05, 3.63) is 11.8 Å². The molecule has 0 radical (unpaired) electrons. The molecule has 1 aromatic rings. The second kappa shape index (κ2) is 7.24. The van der Waals surface area contributed by atoms with Crippen LogP contribution in [0.25, 0.3) is 0 Å². The van der Waals surface area contributed by atoms with Gasteiger partial charge in [-0.1, -0.05) is 6.92 Å². The van der Waals surface area contributed by atoms with E-state index >= 15 is 0 Å². The number of hydrogen-bond donors (Lipinski definition) is 2. The SMILES string of the molecule is CCCOc1cc(C)nc(NC2CCC(C(=O)O)CC2)n1. The van der Waals surface area contributed by atoms with E-state index in [1.165, 1.54) is 0 Å². The average molecular weight is 293 g/mol. The number of aliphatic carboxylic acids is 1. The Balaban J connectivity index is 1.93. The van der Waals surface area contributed by atoms with Gasteiger partial charge in [0.05, 0.1) is 12.5 Å². The van der Waals surface area contributed by atoms with Crippen LogP contribution in [-0.2, 0) is 4.79 Å². The van der Waals surface area contributed by atoms with Crippen molar-refractivity contribution >= 4 is 11.9 Å². The maximum Gasteiger partial charge on any atom is 0.306 e. The maximum absolute atomic E-state index is 10.9. The van der Waals surface area contributed by atoms with Crippen LogP contribution in [0.1, 0.15) is 44.7 Å². The summed E-state index contributed by atoms with van der Waals surface area (Å²) in [6.07, 6.45) is 4.01. The van der Waals surface area contributed by atoms with Gasteiger partial charge in [0.2, 0.25) is 11.8 Å². The third-order valence-electron chi connectivity index (χ3n) is 3.69. The van der Waals surface area contributed by atoms with Gasteiger partial charge in [0, 0.05) is 17.8 Å². The zero-order chi connectivity index (χ0) is 15.2. The lowest BCUT2D eigenvalue weighted by molar-refractivity contribution is -0.142. The van der Waals surface area contributed by atoms with Gasteiger partial charge in [-0.05, 0) is 39.0 Å². The average Bonchev–Trinajstić information content (AvgIpc) is 2.45. The molecule has 116 valence electrons. The van der Waals surface area contributed by atoms with Crippen LogP contribution in [0.4, 0.5) is 5.95 Å². The van der Waals surface area contributed by atoms with Crippen LogP contribution in [0.5, 0.6) is 5.88 Å². The standard InChI is InChI=1S/C15H23N3O3/c1-3-8-21-13-9-10(2)16-15(18-13)17-12-6-4-11(5-7-12)14(19)20/h9,11-12H,3-8H2,1-2H3,(H,19,20)(H,16,17,18). The van der Waals surface area contributed by atoms with Crippen molar-refractivity contribution in [2.45, 2.75) is 52.0 Å². The summed E-state index contributed by atoms with van der Waals surface area (Å²) in [5, 5.41) is 12.3. The summed E-state index contributed by atoms with van der Waals surface area (Å²) < 4.78 is 5.55. The highest BCUT2D eigenvalue weighted by molar-refractivity contribution is 5.70. The summed E-state index contributed by atoms with van der Waals surface area (Å²) in [5.74, 6) is 0.270. The number of carboxylic acids is 1. The lowest BCUT2D eigenvalue weighted by Gasteiger charge is -2.26. The summed E-state index contributed by atoms with van der Waals surface area (Å²) in [4.78, 5) is 19.7. The second-order valence-electron chi connectivity index (χ2n) is 5.55. The first-order chi connectivity index (χ1) is 10.1. The molecule has 2 rings (SSSR count). The molecule has 6 nitrogen and oxygen atoms in total. The Morgan fingerprint density at radius 2 is 2.10 bits per heavy atom. The molecule has 1 saturated carbocycles. The van der Waals surface area contributed by atoms with Gasteiger partial charge in [-0.25, -0.2) is 4.98 Å². The first-order valence-corrected chi connectivity index (χ1v) is 7.56. The molecule has 1 aliphatic rings. The number of nitrogens with zero attached hydrogens (tertiary/aromatic N) is 2. The topological polar surface area (TPSA) is 84.3 Å². The van der Waals surface area contributed by atoms with Crippen LogP contribution in [0.2, 0.25) is 0 Å². The van der Waals surface area contributed by atoms with Crippen LogP contribution < -0.4 is 10.1 Å². The second-order valence-corrected chi connectivity index (χ2v) is 5.55. The number of nitrogens with one attached hydrogen (secondary N) is 1. The number of aryl methyl sites for hydroxylation is 1. The third-order valence-corrected chi connectivity index (χ3v) is 3.69. The third kappa shape index (κ3) is 4.58. The largest absolute Gasteiger partial charge is 0.481 e. The van der Waals surface area contributed by atoms with Gasteiger partial charge in [0.1, 0.15) is 0 Å². The molecule has 0 unspecified atom stereocenters. The summed E-state index contributed by atoms with van der Waals surface area (Å²) in [7, 11) is 0. The zero-order valence-electron chi connectivity index (χ0n) is 12.6. The predicted octanol–water partition coefficient (Wildman–Crippen LogP) is 2.63. The lowest BCUT2D eigenvalue weighted by Crippen LogP contribution is -2.30. The number of carbonyl (C=O) groups is 1. The monoisotopic (exact) mass is 293 g/mol. The van der Waals surface area contributed by atoms with Crippen molar-refractivity contribution in [1.29, 1.82) is 0 Å². The zero-order valence-corrected chi connectivity index (χ0v) is 12.6. The molecule has 1 aromatic heterocycles. The highest BCUT2D eigenvalue weighted by Gasteiger charge is 2.26. The van der Waals surface area contributed by atoms with Crippen LogP contribution in [0.15, 0.2) is 6.07 Å². The Kier molecular flexibility index (Phi) is 5.36. The molecule has 21 heavy (non-hydrogen) atoms. The predicted molar refractivity (Wildman–Crippen MR) is 79.6 cm³/mol. The van der Waals surface area contributed by atoms with Crippen molar-refractivity contribution in [3.8, 4) is 5.88 Å². The Morgan fingerprint density at radius 1 is 1.38 bits per heavy atom. The highest BCUT2D eigenvalue weighted by atomic mass is 16.5. The first-order valence-electron chi connectivity index (χ1n) is 7.56. The molecule has 0 bridgehead atoms. The molecule has 0 aliphatic heterocycles. The van der Waals surface area contributed by atoms with E-state index in [0.717, 1.165) is 25.0 Å². The molecule has 0 saturated heterocycles. The van der Waals surface area contributed by atoms with Gasteiger partial charge in [-0.15, -0.1) is 0 Å². The number of carboxylic acid groups (broad SMARTS) is 1. The number of aromatic nitrogens is 2. The van der Waals surface area contributed by atoms with E-state index in [4.69, 9.17) is 9.84 Å². The van der Waals surface area contributed by atoms with Gasteiger partial charge >= 0.3 is 5.97 Å².